The maximum absolute atomic E-state index is 5.83. The SMILES string of the molecule is c1ccc(COC2CC(Oc3ccccn3)C2)cc1. The highest BCUT2D eigenvalue weighted by Gasteiger charge is 2.31. The molecule has 1 aliphatic carbocycles. The van der Waals surface area contributed by atoms with Gasteiger partial charge in [0.1, 0.15) is 6.10 Å². The van der Waals surface area contributed by atoms with Gasteiger partial charge in [0, 0.05) is 25.1 Å². The number of hydrogen-bond acceptors (Lipinski definition) is 3. The molecule has 1 saturated carbocycles. The second kappa shape index (κ2) is 5.85. The molecule has 3 rings (SSSR count). The third kappa shape index (κ3) is 3.32. The van der Waals surface area contributed by atoms with Gasteiger partial charge in [0.15, 0.2) is 0 Å². The largest absolute Gasteiger partial charge is 0.474 e. The molecule has 0 bridgehead atoms. The van der Waals surface area contributed by atoms with E-state index in [1.807, 2.05) is 36.4 Å². The summed E-state index contributed by atoms with van der Waals surface area (Å²) in [5.41, 5.74) is 1.22. The molecule has 1 aromatic heterocycles. The van der Waals surface area contributed by atoms with E-state index >= 15 is 0 Å². The molecular formula is C16H17NO2. The first-order valence-corrected chi connectivity index (χ1v) is 6.63. The minimum atomic E-state index is 0.246. The Morgan fingerprint density at radius 3 is 2.47 bits per heavy atom. The van der Waals surface area contributed by atoms with Crippen LogP contribution in [0.5, 0.6) is 5.88 Å². The maximum atomic E-state index is 5.83. The van der Waals surface area contributed by atoms with E-state index < -0.39 is 0 Å². The highest BCUT2D eigenvalue weighted by Crippen LogP contribution is 2.28. The van der Waals surface area contributed by atoms with E-state index in [-0.39, 0.29) is 6.10 Å². The van der Waals surface area contributed by atoms with Crippen molar-refractivity contribution in [3.05, 3.63) is 60.3 Å². The van der Waals surface area contributed by atoms with Gasteiger partial charge in [-0.1, -0.05) is 36.4 Å². The van der Waals surface area contributed by atoms with Crippen LogP contribution in [0.25, 0.3) is 0 Å². The molecule has 2 aromatic rings. The van der Waals surface area contributed by atoms with Gasteiger partial charge in [-0.3, -0.25) is 0 Å². The summed E-state index contributed by atoms with van der Waals surface area (Å²) in [6, 6.07) is 16.0. The summed E-state index contributed by atoms with van der Waals surface area (Å²) in [6.07, 6.45) is 4.20. The third-order valence-corrected chi connectivity index (χ3v) is 3.31. The van der Waals surface area contributed by atoms with Crippen LogP contribution >= 0.6 is 0 Å². The Balaban J connectivity index is 1.39. The number of benzene rings is 1. The van der Waals surface area contributed by atoms with Crippen molar-refractivity contribution >= 4 is 0 Å². The van der Waals surface area contributed by atoms with Crippen molar-refractivity contribution in [1.82, 2.24) is 4.98 Å². The highest BCUT2D eigenvalue weighted by molar-refractivity contribution is 5.13. The van der Waals surface area contributed by atoms with Crippen LogP contribution in [0, 0.1) is 0 Å². The van der Waals surface area contributed by atoms with Crippen LogP contribution in [0.3, 0.4) is 0 Å². The van der Waals surface area contributed by atoms with Crippen LogP contribution < -0.4 is 4.74 Å². The summed E-state index contributed by atoms with van der Waals surface area (Å²) in [5, 5.41) is 0. The molecule has 0 amide bonds. The third-order valence-electron chi connectivity index (χ3n) is 3.31. The Hall–Kier alpha value is -1.87. The smallest absolute Gasteiger partial charge is 0.213 e. The van der Waals surface area contributed by atoms with Crippen LogP contribution in [0.4, 0.5) is 0 Å². The summed E-state index contributed by atoms with van der Waals surface area (Å²) < 4.78 is 11.6. The molecule has 0 aliphatic heterocycles. The van der Waals surface area contributed by atoms with Gasteiger partial charge >= 0.3 is 0 Å². The predicted molar refractivity (Wildman–Crippen MR) is 72.9 cm³/mol. The molecule has 0 atom stereocenters. The van der Waals surface area contributed by atoms with E-state index in [0.717, 1.165) is 12.8 Å². The van der Waals surface area contributed by atoms with E-state index in [2.05, 4.69) is 17.1 Å². The van der Waals surface area contributed by atoms with Crippen LogP contribution in [0.15, 0.2) is 54.7 Å². The number of rotatable bonds is 5. The molecule has 0 unspecified atom stereocenters. The summed E-state index contributed by atoms with van der Waals surface area (Å²) in [5.74, 6) is 0.703. The summed E-state index contributed by atoms with van der Waals surface area (Å²) in [4.78, 5) is 4.16. The van der Waals surface area contributed by atoms with E-state index in [1.165, 1.54) is 5.56 Å². The fraction of sp³-hybridized carbons (Fsp3) is 0.312. The van der Waals surface area contributed by atoms with Crippen molar-refractivity contribution in [1.29, 1.82) is 0 Å². The van der Waals surface area contributed by atoms with Crippen molar-refractivity contribution in [2.24, 2.45) is 0 Å². The molecule has 1 aromatic carbocycles. The zero-order valence-electron chi connectivity index (χ0n) is 10.7. The number of nitrogens with zero attached hydrogens (tertiary/aromatic N) is 1. The molecule has 98 valence electrons. The van der Waals surface area contributed by atoms with Gasteiger partial charge in [-0.05, 0) is 11.6 Å². The van der Waals surface area contributed by atoms with Crippen LogP contribution in [-0.2, 0) is 11.3 Å². The van der Waals surface area contributed by atoms with Gasteiger partial charge in [-0.15, -0.1) is 0 Å². The number of aromatic nitrogens is 1. The van der Waals surface area contributed by atoms with Crippen molar-refractivity contribution in [2.45, 2.75) is 31.7 Å². The molecule has 0 spiro atoms. The van der Waals surface area contributed by atoms with E-state index in [4.69, 9.17) is 9.47 Å². The predicted octanol–water partition coefficient (Wildman–Crippen LogP) is 3.21. The zero-order chi connectivity index (χ0) is 12.9. The lowest BCUT2D eigenvalue weighted by atomic mass is 9.92. The van der Waals surface area contributed by atoms with Crippen molar-refractivity contribution < 1.29 is 9.47 Å². The number of hydrogen-bond donors (Lipinski definition) is 0. The van der Waals surface area contributed by atoms with Crippen molar-refractivity contribution in [3.8, 4) is 5.88 Å². The lowest BCUT2D eigenvalue weighted by Crippen LogP contribution is -2.39. The zero-order valence-corrected chi connectivity index (χ0v) is 10.7. The van der Waals surface area contributed by atoms with Crippen molar-refractivity contribution in [2.75, 3.05) is 0 Å². The average molecular weight is 255 g/mol. The molecule has 1 aliphatic rings. The van der Waals surface area contributed by atoms with Gasteiger partial charge in [0.05, 0.1) is 12.7 Å². The first kappa shape index (κ1) is 12.2. The summed E-state index contributed by atoms with van der Waals surface area (Å²) in [7, 11) is 0. The summed E-state index contributed by atoms with van der Waals surface area (Å²) >= 11 is 0. The van der Waals surface area contributed by atoms with Gasteiger partial charge in [-0.2, -0.15) is 0 Å². The normalized spacial score (nSPS) is 21.7. The van der Waals surface area contributed by atoms with Crippen LogP contribution in [-0.4, -0.2) is 17.2 Å². The Morgan fingerprint density at radius 1 is 0.947 bits per heavy atom. The topological polar surface area (TPSA) is 31.4 Å². The molecule has 1 fully saturated rings. The fourth-order valence-corrected chi connectivity index (χ4v) is 2.13. The first-order chi connectivity index (χ1) is 9.40. The monoisotopic (exact) mass is 255 g/mol. The van der Waals surface area contributed by atoms with Gasteiger partial charge in [0.2, 0.25) is 5.88 Å². The molecule has 3 heteroatoms. The lowest BCUT2D eigenvalue weighted by molar-refractivity contribution is -0.0695. The molecule has 19 heavy (non-hydrogen) atoms. The van der Waals surface area contributed by atoms with E-state index in [0.29, 0.717) is 18.6 Å². The molecule has 3 nitrogen and oxygen atoms in total. The van der Waals surface area contributed by atoms with E-state index in [9.17, 15) is 0 Å². The quantitative estimate of drug-likeness (QED) is 0.822. The Bertz CT molecular complexity index is 495. The summed E-state index contributed by atoms with van der Waals surface area (Å²) in [6.45, 7) is 0.682. The fourth-order valence-electron chi connectivity index (χ4n) is 2.13. The van der Waals surface area contributed by atoms with Gasteiger partial charge in [-0.25, -0.2) is 4.98 Å². The molecule has 0 saturated heterocycles. The average Bonchev–Trinajstić information content (AvgIpc) is 2.43. The second-order valence-corrected chi connectivity index (χ2v) is 4.80. The Kier molecular flexibility index (Phi) is 3.75. The minimum Gasteiger partial charge on any atom is -0.474 e. The van der Waals surface area contributed by atoms with Crippen molar-refractivity contribution in [3.63, 3.8) is 0 Å². The molecular weight excluding hydrogens is 238 g/mol. The molecule has 0 N–H and O–H groups in total. The second-order valence-electron chi connectivity index (χ2n) is 4.80. The molecule has 1 heterocycles. The number of pyridine rings is 1. The lowest BCUT2D eigenvalue weighted by Gasteiger charge is -2.34. The first-order valence-electron chi connectivity index (χ1n) is 6.63. The van der Waals surface area contributed by atoms with Gasteiger partial charge in [0.25, 0.3) is 0 Å². The Labute approximate surface area is 113 Å². The standard InChI is InChI=1S/C16H17NO2/c1-2-6-13(7-3-1)12-18-14-10-15(11-14)19-16-8-4-5-9-17-16/h1-9,14-15H,10-12H2. The number of ether oxygens (including phenoxy) is 2. The maximum Gasteiger partial charge on any atom is 0.213 e. The highest BCUT2D eigenvalue weighted by atomic mass is 16.5. The van der Waals surface area contributed by atoms with Crippen LogP contribution in [0.2, 0.25) is 0 Å². The van der Waals surface area contributed by atoms with Gasteiger partial charge < -0.3 is 9.47 Å². The van der Waals surface area contributed by atoms with Crippen LogP contribution in [0.1, 0.15) is 18.4 Å². The minimum absolute atomic E-state index is 0.246. The van der Waals surface area contributed by atoms with E-state index in [1.54, 1.807) is 6.20 Å². The molecule has 0 radical (unpaired) electrons. The Morgan fingerprint density at radius 2 is 1.74 bits per heavy atom.